The summed E-state index contributed by atoms with van der Waals surface area (Å²) in [5, 5.41) is 2.79. The van der Waals surface area contributed by atoms with Crippen LogP contribution < -0.4 is 5.32 Å². The molecule has 1 atom stereocenters. The molecule has 1 heterocycles. The minimum absolute atomic E-state index is 0. The van der Waals surface area contributed by atoms with Crippen molar-refractivity contribution in [2.24, 2.45) is 5.92 Å². The summed E-state index contributed by atoms with van der Waals surface area (Å²) in [6.07, 6.45) is -4.16. The second kappa shape index (κ2) is 7.57. The van der Waals surface area contributed by atoms with Crippen LogP contribution >= 0.6 is 24.0 Å². The van der Waals surface area contributed by atoms with E-state index in [2.05, 4.69) is 5.32 Å². The van der Waals surface area contributed by atoms with E-state index in [9.17, 15) is 21.6 Å². The highest BCUT2D eigenvalue weighted by Gasteiger charge is 2.40. The zero-order chi connectivity index (χ0) is 16.5. The van der Waals surface area contributed by atoms with Gasteiger partial charge in [0.1, 0.15) is 0 Å². The van der Waals surface area contributed by atoms with Crippen molar-refractivity contribution in [1.29, 1.82) is 0 Å². The Labute approximate surface area is 144 Å². The Morgan fingerprint density at radius 1 is 1.39 bits per heavy atom. The van der Waals surface area contributed by atoms with Crippen molar-refractivity contribution in [3.8, 4) is 0 Å². The number of sulfonamides is 1. The molecule has 1 aliphatic heterocycles. The van der Waals surface area contributed by atoms with Crippen molar-refractivity contribution >= 4 is 34.0 Å². The zero-order valence-electron chi connectivity index (χ0n) is 12.2. The lowest BCUT2D eigenvalue weighted by Crippen LogP contribution is -2.31. The van der Waals surface area contributed by atoms with Crippen LogP contribution in [0.25, 0.3) is 0 Å². The minimum atomic E-state index is -4.78. The minimum Gasteiger partial charge on any atom is -0.319 e. The number of hydrogen-bond donors (Lipinski definition) is 1. The van der Waals surface area contributed by atoms with Crippen LogP contribution in [-0.4, -0.2) is 39.4 Å². The van der Waals surface area contributed by atoms with Crippen LogP contribution in [0.1, 0.15) is 12.0 Å². The molecule has 0 radical (unpaired) electrons. The molecule has 0 spiro atoms. The Bertz CT molecular complexity index is 653. The van der Waals surface area contributed by atoms with Crippen LogP contribution in [0, 0.1) is 5.92 Å². The third-order valence-corrected chi connectivity index (χ3v) is 5.76. The molecule has 1 saturated heterocycles. The van der Waals surface area contributed by atoms with Gasteiger partial charge >= 0.3 is 6.18 Å². The van der Waals surface area contributed by atoms with Crippen molar-refractivity contribution in [1.82, 2.24) is 9.62 Å². The third-order valence-electron chi connectivity index (χ3n) is 3.61. The normalized spacial score (nSPS) is 19.6. The molecule has 1 aliphatic rings. The second-order valence-electron chi connectivity index (χ2n) is 5.21. The van der Waals surface area contributed by atoms with Crippen molar-refractivity contribution < 1.29 is 21.6 Å². The first-order chi connectivity index (χ1) is 10.2. The van der Waals surface area contributed by atoms with E-state index in [-0.39, 0.29) is 36.4 Å². The largest absolute Gasteiger partial charge is 0.417 e. The Balaban J connectivity index is 0.00000264. The van der Waals surface area contributed by atoms with Crippen molar-refractivity contribution in [3.05, 3.63) is 28.8 Å². The number of alkyl halides is 3. The van der Waals surface area contributed by atoms with Gasteiger partial charge in [0.2, 0.25) is 10.0 Å². The van der Waals surface area contributed by atoms with Gasteiger partial charge in [0, 0.05) is 18.1 Å². The van der Waals surface area contributed by atoms with E-state index in [0.29, 0.717) is 19.0 Å². The number of rotatable bonds is 4. The van der Waals surface area contributed by atoms with Crippen LogP contribution in [0.5, 0.6) is 0 Å². The molecule has 1 unspecified atom stereocenters. The van der Waals surface area contributed by atoms with Gasteiger partial charge < -0.3 is 5.32 Å². The third kappa shape index (κ3) is 4.51. The standard InChI is InChI=1S/C13H16ClF3N2O2S.ClH/c1-18-7-9-4-5-19(8-9)22(20,21)12-3-2-10(14)6-11(12)13(15,16)17;/h2-3,6,9,18H,4-5,7-8H2,1H3;1H. The summed E-state index contributed by atoms with van der Waals surface area (Å²) in [4.78, 5) is -0.741. The van der Waals surface area contributed by atoms with E-state index >= 15 is 0 Å². The second-order valence-corrected chi connectivity index (χ2v) is 7.56. The lowest BCUT2D eigenvalue weighted by atomic mass is 10.1. The van der Waals surface area contributed by atoms with Gasteiger partial charge in [-0.05, 0) is 44.1 Å². The van der Waals surface area contributed by atoms with Crippen molar-refractivity contribution in [2.75, 3.05) is 26.7 Å². The molecular weight excluding hydrogens is 376 g/mol. The summed E-state index contributed by atoms with van der Waals surface area (Å²) in [7, 11) is -2.45. The van der Waals surface area contributed by atoms with Gasteiger partial charge in [-0.25, -0.2) is 8.42 Å². The van der Waals surface area contributed by atoms with E-state index in [0.717, 1.165) is 16.4 Å². The average molecular weight is 393 g/mol. The number of halogens is 5. The fraction of sp³-hybridized carbons (Fsp3) is 0.538. The number of hydrogen-bond acceptors (Lipinski definition) is 3. The Kier molecular flexibility index (Phi) is 6.74. The van der Waals surface area contributed by atoms with E-state index < -0.39 is 26.7 Å². The molecule has 0 aromatic heterocycles. The average Bonchev–Trinajstić information content (AvgIpc) is 2.87. The van der Waals surface area contributed by atoms with Gasteiger partial charge in [-0.15, -0.1) is 12.4 Å². The predicted octanol–water partition coefficient (Wildman–Crippen LogP) is 3.01. The molecule has 23 heavy (non-hydrogen) atoms. The highest BCUT2D eigenvalue weighted by atomic mass is 35.5. The Morgan fingerprint density at radius 3 is 2.61 bits per heavy atom. The van der Waals surface area contributed by atoms with Crippen LogP contribution in [0.3, 0.4) is 0 Å². The van der Waals surface area contributed by atoms with Gasteiger partial charge in [0.15, 0.2) is 0 Å². The molecule has 1 fully saturated rings. The number of benzene rings is 1. The van der Waals surface area contributed by atoms with Gasteiger partial charge in [-0.2, -0.15) is 17.5 Å². The molecule has 10 heteroatoms. The van der Waals surface area contributed by atoms with Gasteiger partial charge in [-0.1, -0.05) is 11.6 Å². The first kappa shape index (κ1) is 20.5. The lowest BCUT2D eigenvalue weighted by molar-refractivity contribution is -0.139. The fourth-order valence-corrected chi connectivity index (χ4v) is 4.45. The van der Waals surface area contributed by atoms with Gasteiger partial charge in [-0.3, -0.25) is 0 Å². The quantitative estimate of drug-likeness (QED) is 0.856. The van der Waals surface area contributed by atoms with Gasteiger partial charge in [0.05, 0.1) is 10.5 Å². The molecule has 2 rings (SSSR count). The molecule has 0 amide bonds. The molecule has 1 N–H and O–H groups in total. The van der Waals surface area contributed by atoms with E-state index in [1.54, 1.807) is 7.05 Å². The molecule has 0 aliphatic carbocycles. The highest BCUT2D eigenvalue weighted by molar-refractivity contribution is 7.89. The molecule has 4 nitrogen and oxygen atoms in total. The maximum absolute atomic E-state index is 13.1. The molecule has 0 bridgehead atoms. The monoisotopic (exact) mass is 392 g/mol. The maximum atomic E-state index is 13.1. The van der Waals surface area contributed by atoms with Crippen molar-refractivity contribution in [2.45, 2.75) is 17.5 Å². The van der Waals surface area contributed by atoms with E-state index in [1.807, 2.05) is 0 Å². The fourth-order valence-electron chi connectivity index (χ4n) is 2.56. The van der Waals surface area contributed by atoms with E-state index in [4.69, 9.17) is 11.6 Å². The molecule has 1 aromatic rings. The summed E-state index contributed by atoms with van der Waals surface area (Å²) in [5.74, 6) is 0.0985. The van der Waals surface area contributed by atoms with Crippen molar-refractivity contribution in [3.63, 3.8) is 0 Å². The Hall–Kier alpha value is -0.540. The van der Waals surface area contributed by atoms with Crippen LogP contribution in [0.2, 0.25) is 5.02 Å². The van der Waals surface area contributed by atoms with Gasteiger partial charge in [0.25, 0.3) is 0 Å². The smallest absolute Gasteiger partial charge is 0.319 e. The van der Waals surface area contributed by atoms with Crippen LogP contribution in [-0.2, 0) is 16.2 Å². The van der Waals surface area contributed by atoms with Crippen LogP contribution in [0.4, 0.5) is 13.2 Å². The SMILES string of the molecule is CNCC1CCN(S(=O)(=O)c2ccc(Cl)cc2C(F)(F)F)C1.Cl. The highest BCUT2D eigenvalue weighted by Crippen LogP contribution is 2.37. The molecule has 0 saturated carbocycles. The summed E-state index contributed by atoms with van der Waals surface area (Å²) >= 11 is 5.58. The lowest BCUT2D eigenvalue weighted by Gasteiger charge is -2.20. The number of nitrogens with zero attached hydrogens (tertiary/aromatic N) is 1. The summed E-state index contributed by atoms with van der Waals surface area (Å²) in [6, 6.07) is 2.73. The molecule has 132 valence electrons. The predicted molar refractivity (Wildman–Crippen MR) is 84.5 cm³/mol. The summed E-state index contributed by atoms with van der Waals surface area (Å²) in [5.41, 5.74) is -1.22. The summed E-state index contributed by atoms with van der Waals surface area (Å²) < 4.78 is 65.4. The molecule has 1 aromatic carbocycles. The Morgan fingerprint density at radius 2 is 2.04 bits per heavy atom. The molecular formula is C13H17Cl2F3N2O2S. The number of nitrogens with one attached hydrogen (secondary N) is 1. The first-order valence-corrected chi connectivity index (χ1v) is 8.49. The topological polar surface area (TPSA) is 49.4 Å². The van der Waals surface area contributed by atoms with E-state index in [1.165, 1.54) is 0 Å². The first-order valence-electron chi connectivity index (χ1n) is 6.67. The summed E-state index contributed by atoms with van der Waals surface area (Å²) in [6.45, 7) is 1.05. The van der Waals surface area contributed by atoms with Crippen LogP contribution in [0.15, 0.2) is 23.1 Å². The maximum Gasteiger partial charge on any atom is 0.417 e. The zero-order valence-corrected chi connectivity index (χ0v) is 14.6.